The molecule has 1 aromatic carbocycles. The Bertz CT molecular complexity index is 790. The molecular weight excluding hydrogens is 491 g/mol. The van der Waals surface area contributed by atoms with Crippen LogP contribution in [-0.4, -0.2) is 46.2 Å². The first-order chi connectivity index (χ1) is 12.8. The minimum Gasteiger partial charge on any atom is -0.356 e. The van der Waals surface area contributed by atoms with Crippen molar-refractivity contribution in [3.8, 4) is 0 Å². The lowest BCUT2D eigenvalue weighted by Crippen LogP contribution is -2.40. The number of nitrogens with one attached hydrogen (secondary N) is 3. The topological polar surface area (TPSA) is 99.7 Å². The first kappa shape index (κ1) is 24.7. The Morgan fingerprint density at radius 3 is 2.46 bits per heavy atom. The molecule has 0 saturated heterocycles. The second-order valence-corrected chi connectivity index (χ2v) is 9.01. The monoisotopic (exact) mass is 522 g/mol. The summed E-state index contributed by atoms with van der Waals surface area (Å²) in [6, 6.07) is 5.61. The zero-order valence-corrected chi connectivity index (χ0v) is 19.9. The molecule has 158 valence electrons. The van der Waals surface area contributed by atoms with Crippen LogP contribution in [0.2, 0.25) is 0 Å². The Morgan fingerprint density at radius 1 is 1.21 bits per heavy atom. The van der Waals surface area contributed by atoms with Crippen molar-refractivity contribution < 1.29 is 13.2 Å². The molecule has 0 aromatic heterocycles. The van der Waals surface area contributed by atoms with E-state index in [1.807, 2.05) is 6.07 Å². The highest BCUT2D eigenvalue weighted by Gasteiger charge is 2.16. The number of carbonyl (C=O) groups is 1. The first-order valence-electron chi connectivity index (χ1n) is 9.33. The molecule has 0 bridgehead atoms. The highest BCUT2D eigenvalue weighted by Crippen LogP contribution is 2.18. The molecule has 3 N–H and O–H groups in total. The zero-order chi connectivity index (χ0) is 19.9. The van der Waals surface area contributed by atoms with Crippen molar-refractivity contribution in [3.05, 3.63) is 29.3 Å². The highest BCUT2D eigenvalue weighted by molar-refractivity contribution is 14.0. The molecule has 0 radical (unpaired) electrons. The van der Waals surface area contributed by atoms with Crippen molar-refractivity contribution in [2.45, 2.75) is 56.5 Å². The van der Waals surface area contributed by atoms with Crippen molar-refractivity contribution in [2.24, 2.45) is 4.99 Å². The molecule has 1 aliphatic carbocycles. The summed E-state index contributed by atoms with van der Waals surface area (Å²) < 4.78 is 23.4. The van der Waals surface area contributed by atoms with Gasteiger partial charge in [0.1, 0.15) is 0 Å². The van der Waals surface area contributed by atoms with Crippen molar-refractivity contribution in [3.63, 3.8) is 0 Å². The quantitative estimate of drug-likeness (QED) is 0.290. The Labute approximate surface area is 185 Å². The van der Waals surface area contributed by atoms with Crippen LogP contribution < -0.4 is 16.0 Å². The van der Waals surface area contributed by atoms with Crippen LogP contribution in [0.5, 0.6) is 0 Å². The van der Waals surface area contributed by atoms with E-state index in [4.69, 9.17) is 0 Å². The molecule has 0 aliphatic heterocycles. The van der Waals surface area contributed by atoms with Gasteiger partial charge in [-0.2, -0.15) is 0 Å². The Hall–Kier alpha value is -1.36. The fraction of sp³-hybridized carbons (Fsp3) is 0.579. The average Bonchev–Trinajstić information content (AvgIpc) is 3.09. The Kier molecular flexibility index (Phi) is 10.2. The standard InChI is InChI=1S/C19H30N4O3S.HI/c1-14-12-15(8-9-17(14)27(3,25)26)13-22-19(20-2)21-11-10-18(24)23-16-6-4-5-7-16;/h8-9,12,16H,4-7,10-11,13H2,1-3H3,(H,23,24)(H2,20,21,22);1H. The number of sulfone groups is 1. The summed E-state index contributed by atoms with van der Waals surface area (Å²) in [4.78, 5) is 16.4. The number of nitrogens with zero attached hydrogens (tertiary/aromatic N) is 1. The molecule has 1 saturated carbocycles. The van der Waals surface area contributed by atoms with Gasteiger partial charge < -0.3 is 16.0 Å². The van der Waals surface area contributed by atoms with Crippen molar-refractivity contribution in [1.29, 1.82) is 0 Å². The largest absolute Gasteiger partial charge is 0.356 e. The average molecular weight is 522 g/mol. The second kappa shape index (κ2) is 11.6. The molecule has 7 nitrogen and oxygen atoms in total. The number of hydrogen-bond donors (Lipinski definition) is 3. The van der Waals surface area contributed by atoms with Crippen molar-refractivity contribution >= 4 is 45.7 Å². The molecule has 0 spiro atoms. The van der Waals surface area contributed by atoms with E-state index in [2.05, 4.69) is 20.9 Å². The highest BCUT2D eigenvalue weighted by atomic mass is 127. The van der Waals surface area contributed by atoms with Crippen LogP contribution in [0, 0.1) is 6.92 Å². The lowest BCUT2D eigenvalue weighted by atomic mass is 10.1. The Morgan fingerprint density at radius 2 is 1.89 bits per heavy atom. The third-order valence-electron chi connectivity index (χ3n) is 4.69. The van der Waals surface area contributed by atoms with E-state index < -0.39 is 9.84 Å². The normalized spacial score (nSPS) is 15.0. The van der Waals surface area contributed by atoms with E-state index in [1.54, 1.807) is 26.1 Å². The van der Waals surface area contributed by atoms with Gasteiger partial charge in [0.05, 0.1) is 4.90 Å². The number of rotatable bonds is 7. The van der Waals surface area contributed by atoms with E-state index in [0.717, 1.165) is 24.0 Å². The molecule has 0 heterocycles. The molecule has 1 aliphatic rings. The zero-order valence-electron chi connectivity index (χ0n) is 16.7. The molecule has 1 fully saturated rings. The smallest absolute Gasteiger partial charge is 0.221 e. The van der Waals surface area contributed by atoms with Gasteiger partial charge in [-0.25, -0.2) is 8.42 Å². The van der Waals surface area contributed by atoms with Gasteiger partial charge in [-0.05, 0) is 37.0 Å². The van der Waals surface area contributed by atoms with Crippen LogP contribution in [0.3, 0.4) is 0 Å². The van der Waals surface area contributed by atoms with Gasteiger partial charge in [-0.15, -0.1) is 24.0 Å². The van der Waals surface area contributed by atoms with Crippen LogP contribution in [-0.2, 0) is 21.2 Å². The third kappa shape index (κ3) is 7.94. The third-order valence-corrected chi connectivity index (χ3v) is 5.94. The van der Waals surface area contributed by atoms with E-state index in [-0.39, 0.29) is 29.9 Å². The van der Waals surface area contributed by atoms with Crippen LogP contribution in [0.15, 0.2) is 28.1 Å². The van der Waals surface area contributed by atoms with Gasteiger partial charge in [0.25, 0.3) is 0 Å². The maximum atomic E-state index is 11.9. The van der Waals surface area contributed by atoms with Crippen LogP contribution in [0.1, 0.15) is 43.2 Å². The van der Waals surface area contributed by atoms with E-state index in [1.165, 1.54) is 19.1 Å². The van der Waals surface area contributed by atoms with Crippen LogP contribution >= 0.6 is 24.0 Å². The summed E-state index contributed by atoms with van der Waals surface area (Å²) in [6.07, 6.45) is 6.18. The number of guanidine groups is 1. The van der Waals surface area contributed by atoms with Gasteiger partial charge in [-0.3, -0.25) is 9.79 Å². The molecule has 28 heavy (non-hydrogen) atoms. The summed E-state index contributed by atoms with van der Waals surface area (Å²) in [5.41, 5.74) is 1.69. The minimum absolute atomic E-state index is 0. The van der Waals surface area contributed by atoms with E-state index in [9.17, 15) is 13.2 Å². The molecule has 1 aromatic rings. The number of amides is 1. The number of benzene rings is 1. The SMILES string of the molecule is CN=C(NCCC(=O)NC1CCCC1)NCc1ccc(S(C)(=O)=O)c(C)c1.I. The fourth-order valence-corrected chi connectivity index (χ4v) is 4.27. The van der Waals surface area contributed by atoms with Gasteiger partial charge >= 0.3 is 0 Å². The van der Waals surface area contributed by atoms with Crippen molar-refractivity contribution in [2.75, 3.05) is 19.8 Å². The summed E-state index contributed by atoms with van der Waals surface area (Å²) in [6.45, 7) is 2.80. The maximum Gasteiger partial charge on any atom is 0.221 e. The summed E-state index contributed by atoms with van der Waals surface area (Å²) in [7, 11) is -1.54. The lowest BCUT2D eigenvalue weighted by molar-refractivity contribution is -0.121. The van der Waals surface area contributed by atoms with Gasteiger partial charge in [-0.1, -0.05) is 25.0 Å². The maximum absolute atomic E-state index is 11.9. The summed E-state index contributed by atoms with van der Waals surface area (Å²) in [5, 5.41) is 9.37. The lowest BCUT2D eigenvalue weighted by Gasteiger charge is -2.14. The van der Waals surface area contributed by atoms with Gasteiger partial charge in [0.2, 0.25) is 5.91 Å². The minimum atomic E-state index is -3.21. The number of hydrogen-bond acceptors (Lipinski definition) is 4. The molecule has 2 rings (SSSR count). The summed E-state index contributed by atoms with van der Waals surface area (Å²) >= 11 is 0. The second-order valence-electron chi connectivity index (χ2n) is 7.02. The molecule has 9 heteroatoms. The van der Waals surface area contributed by atoms with Crippen LogP contribution in [0.4, 0.5) is 0 Å². The Balaban J connectivity index is 0.00000392. The number of aryl methyl sites for hydroxylation is 1. The first-order valence-corrected chi connectivity index (χ1v) is 11.2. The van der Waals surface area contributed by atoms with E-state index in [0.29, 0.717) is 36.4 Å². The molecule has 0 unspecified atom stereocenters. The molecular formula is C19H31IN4O3S. The predicted molar refractivity (Wildman–Crippen MR) is 123 cm³/mol. The number of halogens is 1. The van der Waals surface area contributed by atoms with Gasteiger partial charge in [0, 0.05) is 38.9 Å². The van der Waals surface area contributed by atoms with E-state index >= 15 is 0 Å². The van der Waals surface area contributed by atoms with Crippen LogP contribution in [0.25, 0.3) is 0 Å². The number of carbonyl (C=O) groups excluding carboxylic acids is 1. The fourth-order valence-electron chi connectivity index (χ4n) is 3.31. The number of aliphatic imine (C=N–C) groups is 1. The van der Waals surface area contributed by atoms with Crippen molar-refractivity contribution in [1.82, 2.24) is 16.0 Å². The van der Waals surface area contributed by atoms with Gasteiger partial charge in [0.15, 0.2) is 15.8 Å². The molecule has 0 atom stereocenters. The summed E-state index contributed by atoms with van der Waals surface area (Å²) in [5.74, 6) is 0.672. The molecule has 1 amide bonds. The predicted octanol–water partition coefficient (Wildman–Crippen LogP) is 2.13.